The largest absolute Gasteiger partial charge is 0.459 e. The summed E-state index contributed by atoms with van der Waals surface area (Å²) in [5.74, 6) is 1.34. The lowest BCUT2D eigenvalue weighted by Crippen LogP contribution is -2.34. The van der Waals surface area contributed by atoms with Crippen LogP contribution < -0.4 is 20.1 Å². The fourth-order valence-electron chi connectivity index (χ4n) is 2.32. The van der Waals surface area contributed by atoms with Crippen molar-refractivity contribution in [2.24, 2.45) is 0 Å². The van der Waals surface area contributed by atoms with Gasteiger partial charge in [0.1, 0.15) is 0 Å². The number of carbonyl (C=O) groups excluding carboxylic acids is 2. The maximum Gasteiger partial charge on any atom is 0.287 e. The van der Waals surface area contributed by atoms with Gasteiger partial charge in [-0.2, -0.15) is 0 Å². The second-order valence-electron chi connectivity index (χ2n) is 5.27. The van der Waals surface area contributed by atoms with Crippen LogP contribution in [-0.2, 0) is 11.2 Å². The van der Waals surface area contributed by atoms with E-state index in [0.717, 1.165) is 11.3 Å². The zero-order chi connectivity index (χ0) is 16.8. The van der Waals surface area contributed by atoms with Crippen LogP contribution in [0.1, 0.15) is 22.5 Å². The molecule has 2 amide bonds. The normalized spacial score (nSPS) is 12.0. The highest BCUT2D eigenvalue weighted by atomic mass is 16.7. The van der Waals surface area contributed by atoms with Gasteiger partial charge in [0.05, 0.1) is 6.26 Å². The molecule has 0 unspecified atom stereocenters. The predicted molar refractivity (Wildman–Crippen MR) is 84.9 cm³/mol. The van der Waals surface area contributed by atoms with Crippen molar-refractivity contribution in [2.75, 3.05) is 19.9 Å². The Hall–Kier alpha value is -2.96. The molecule has 0 radical (unpaired) electrons. The van der Waals surface area contributed by atoms with E-state index in [1.54, 1.807) is 12.1 Å². The SMILES string of the molecule is O=C(CCc1ccc2c(c1)OCO2)NCCNC(=O)c1ccco1. The second-order valence-corrected chi connectivity index (χ2v) is 5.27. The van der Waals surface area contributed by atoms with Crippen molar-refractivity contribution >= 4 is 11.8 Å². The molecule has 1 aromatic carbocycles. The van der Waals surface area contributed by atoms with Crippen LogP contribution in [0.5, 0.6) is 11.5 Å². The Labute approximate surface area is 138 Å². The van der Waals surface area contributed by atoms with Gasteiger partial charge in [0.2, 0.25) is 12.7 Å². The molecular formula is C17H18N2O5. The standard InChI is InChI=1S/C17H18N2O5/c20-16(18-7-8-19-17(21)14-2-1-9-22-14)6-4-12-3-5-13-15(10-12)24-11-23-13/h1-3,5,9-10H,4,6-8,11H2,(H,18,20)(H,19,21). The molecule has 2 N–H and O–H groups in total. The van der Waals surface area contributed by atoms with Gasteiger partial charge < -0.3 is 24.5 Å². The highest BCUT2D eigenvalue weighted by Gasteiger charge is 2.13. The number of hydrogen-bond acceptors (Lipinski definition) is 5. The summed E-state index contributed by atoms with van der Waals surface area (Å²) in [4.78, 5) is 23.4. The molecule has 0 fully saturated rings. The average Bonchev–Trinajstić information content (AvgIpc) is 3.27. The quantitative estimate of drug-likeness (QED) is 0.751. The summed E-state index contributed by atoms with van der Waals surface area (Å²) in [5, 5.41) is 5.43. The molecule has 0 aliphatic carbocycles. The number of furan rings is 1. The Morgan fingerprint density at radius 2 is 1.88 bits per heavy atom. The van der Waals surface area contributed by atoms with E-state index in [0.29, 0.717) is 31.7 Å². The van der Waals surface area contributed by atoms with Gasteiger partial charge in [-0.25, -0.2) is 0 Å². The van der Waals surface area contributed by atoms with Gasteiger partial charge in [-0.3, -0.25) is 9.59 Å². The van der Waals surface area contributed by atoms with Crippen LogP contribution in [0.4, 0.5) is 0 Å². The van der Waals surface area contributed by atoms with E-state index >= 15 is 0 Å². The van der Waals surface area contributed by atoms with E-state index in [4.69, 9.17) is 13.9 Å². The maximum atomic E-state index is 11.8. The first-order valence-corrected chi connectivity index (χ1v) is 7.69. The van der Waals surface area contributed by atoms with Gasteiger partial charge >= 0.3 is 0 Å². The van der Waals surface area contributed by atoms with E-state index < -0.39 is 0 Å². The zero-order valence-corrected chi connectivity index (χ0v) is 13.0. The van der Waals surface area contributed by atoms with Gasteiger partial charge in [0.25, 0.3) is 5.91 Å². The number of ether oxygens (including phenoxy) is 2. The third-order valence-electron chi connectivity index (χ3n) is 3.56. The minimum atomic E-state index is -0.297. The molecule has 126 valence electrons. The lowest BCUT2D eigenvalue weighted by Gasteiger charge is -2.07. The van der Waals surface area contributed by atoms with Crippen molar-refractivity contribution in [2.45, 2.75) is 12.8 Å². The number of hydrogen-bond donors (Lipinski definition) is 2. The van der Waals surface area contributed by atoms with E-state index in [1.165, 1.54) is 6.26 Å². The molecule has 0 saturated heterocycles. The molecule has 2 aromatic rings. The summed E-state index contributed by atoms with van der Waals surface area (Å²) >= 11 is 0. The number of benzene rings is 1. The molecule has 2 heterocycles. The zero-order valence-electron chi connectivity index (χ0n) is 13.0. The first-order valence-electron chi connectivity index (χ1n) is 7.69. The van der Waals surface area contributed by atoms with Crippen molar-refractivity contribution in [3.05, 3.63) is 47.9 Å². The third-order valence-corrected chi connectivity index (χ3v) is 3.56. The van der Waals surface area contributed by atoms with Crippen LogP contribution >= 0.6 is 0 Å². The first-order chi connectivity index (χ1) is 11.7. The summed E-state index contributed by atoms with van der Waals surface area (Å²) in [7, 11) is 0. The topological polar surface area (TPSA) is 89.8 Å². The van der Waals surface area contributed by atoms with Crippen LogP contribution in [0.2, 0.25) is 0 Å². The monoisotopic (exact) mass is 330 g/mol. The number of rotatable bonds is 7. The second kappa shape index (κ2) is 7.54. The maximum absolute atomic E-state index is 11.8. The molecule has 0 saturated carbocycles. The van der Waals surface area contributed by atoms with Gasteiger partial charge in [0.15, 0.2) is 17.3 Å². The molecule has 24 heavy (non-hydrogen) atoms. The van der Waals surface area contributed by atoms with Crippen molar-refractivity contribution in [1.29, 1.82) is 0 Å². The van der Waals surface area contributed by atoms with Crippen LogP contribution in [0.15, 0.2) is 41.0 Å². The number of aryl methyl sites for hydroxylation is 1. The predicted octanol–water partition coefficient (Wildman–Crippen LogP) is 1.49. The van der Waals surface area contributed by atoms with Gasteiger partial charge in [-0.15, -0.1) is 0 Å². The van der Waals surface area contributed by atoms with Gasteiger partial charge in [0, 0.05) is 19.5 Å². The Bertz CT molecular complexity index is 712. The average molecular weight is 330 g/mol. The minimum Gasteiger partial charge on any atom is -0.459 e. The first kappa shape index (κ1) is 15.9. The van der Waals surface area contributed by atoms with Crippen molar-refractivity contribution in [3.8, 4) is 11.5 Å². The summed E-state index contributed by atoms with van der Waals surface area (Å²) < 4.78 is 15.5. The number of amides is 2. The van der Waals surface area contributed by atoms with Crippen LogP contribution in [0, 0.1) is 0 Å². The number of fused-ring (bicyclic) bond motifs is 1. The minimum absolute atomic E-state index is 0.0695. The highest BCUT2D eigenvalue weighted by Crippen LogP contribution is 2.32. The molecule has 0 spiro atoms. The summed E-state index contributed by atoms with van der Waals surface area (Å²) in [6.45, 7) is 0.949. The van der Waals surface area contributed by atoms with Crippen LogP contribution in [-0.4, -0.2) is 31.7 Å². The number of carbonyl (C=O) groups is 2. The molecule has 7 nitrogen and oxygen atoms in total. The number of nitrogens with one attached hydrogen (secondary N) is 2. The fourth-order valence-corrected chi connectivity index (χ4v) is 2.32. The molecule has 3 rings (SSSR count). The van der Waals surface area contributed by atoms with E-state index in [2.05, 4.69) is 10.6 Å². The van der Waals surface area contributed by atoms with E-state index in [1.807, 2.05) is 18.2 Å². The van der Waals surface area contributed by atoms with Crippen LogP contribution in [0.25, 0.3) is 0 Å². The Morgan fingerprint density at radius 1 is 1.04 bits per heavy atom. The fraction of sp³-hybridized carbons (Fsp3) is 0.294. The summed E-state index contributed by atoms with van der Waals surface area (Å²) in [5.41, 5.74) is 1.01. The summed E-state index contributed by atoms with van der Waals surface area (Å²) in [6, 6.07) is 8.88. The molecular weight excluding hydrogens is 312 g/mol. The molecule has 1 aromatic heterocycles. The third kappa shape index (κ3) is 4.07. The lowest BCUT2D eigenvalue weighted by molar-refractivity contribution is -0.121. The van der Waals surface area contributed by atoms with Crippen molar-refractivity contribution in [3.63, 3.8) is 0 Å². The Morgan fingerprint density at radius 3 is 2.71 bits per heavy atom. The Balaban J connectivity index is 1.33. The molecule has 1 aliphatic heterocycles. The summed E-state index contributed by atoms with van der Waals surface area (Å²) in [6.07, 6.45) is 2.42. The van der Waals surface area contributed by atoms with Crippen molar-refractivity contribution < 1.29 is 23.5 Å². The van der Waals surface area contributed by atoms with E-state index in [9.17, 15) is 9.59 Å². The Kier molecular flexibility index (Phi) is 5.00. The van der Waals surface area contributed by atoms with Crippen LogP contribution in [0.3, 0.4) is 0 Å². The van der Waals surface area contributed by atoms with Crippen molar-refractivity contribution in [1.82, 2.24) is 10.6 Å². The molecule has 0 atom stereocenters. The highest BCUT2D eigenvalue weighted by molar-refractivity contribution is 5.91. The smallest absolute Gasteiger partial charge is 0.287 e. The molecule has 7 heteroatoms. The molecule has 1 aliphatic rings. The van der Waals surface area contributed by atoms with E-state index in [-0.39, 0.29) is 24.4 Å². The molecule has 0 bridgehead atoms. The van der Waals surface area contributed by atoms with Gasteiger partial charge in [-0.1, -0.05) is 6.07 Å². The lowest BCUT2D eigenvalue weighted by atomic mass is 10.1. The van der Waals surface area contributed by atoms with Gasteiger partial charge in [-0.05, 0) is 36.2 Å².